The Kier molecular flexibility index (Phi) is 4.25. The maximum Gasteiger partial charge on any atom is 0.269 e. The molecule has 7 heteroatoms. The van der Waals surface area contributed by atoms with Crippen molar-refractivity contribution < 1.29 is 4.92 Å². The van der Waals surface area contributed by atoms with Gasteiger partial charge in [0.25, 0.3) is 11.2 Å². The van der Waals surface area contributed by atoms with Crippen LogP contribution in [0.5, 0.6) is 0 Å². The molecule has 1 heterocycles. The van der Waals surface area contributed by atoms with Gasteiger partial charge in [0.15, 0.2) is 0 Å². The van der Waals surface area contributed by atoms with E-state index in [0.29, 0.717) is 16.5 Å². The van der Waals surface area contributed by atoms with Crippen molar-refractivity contribution in [1.29, 1.82) is 0 Å². The van der Waals surface area contributed by atoms with Gasteiger partial charge in [-0.1, -0.05) is 12.1 Å². The predicted octanol–water partition coefficient (Wildman–Crippen LogP) is 2.00. The lowest BCUT2D eigenvalue weighted by Gasteiger charge is -2.05. The molecule has 0 bridgehead atoms. The summed E-state index contributed by atoms with van der Waals surface area (Å²) in [4.78, 5) is 25.8. The SMILES string of the molecule is O=c1c(I)cncn1CCc1ccc([N+](=O)[O-])cc1. The van der Waals surface area contributed by atoms with Crippen molar-refractivity contribution in [1.82, 2.24) is 9.55 Å². The second-order valence-corrected chi connectivity index (χ2v) is 5.08. The van der Waals surface area contributed by atoms with Gasteiger partial charge in [-0.3, -0.25) is 19.5 Å². The number of aromatic nitrogens is 2. The highest BCUT2D eigenvalue weighted by molar-refractivity contribution is 14.1. The van der Waals surface area contributed by atoms with Crippen LogP contribution in [0.2, 0.25) is 0 Å². The molecule has 0 saturated carbocycles. The Morgan fingerprint density at radius 2 is 2.00 bits per heavy atom. The Morgan fingerprint density at radius 3 is 2.63 bits per heavy atom. The van der Waals surface area contributed by atoms with Crippen molar-refractivity contribution in [3.05, 3.63) is 66.4 Å². The largest absolute Gasteiger partial charge is 0.298 e. The fourth-order valence-corrected chi connectivity index (χ4v) is 2.09. The number of rotatable bonds is 4. The van der Waals surface area contributed by atoms with Gasteiger partial charge >= 0.3 is 0 Å². The molecule has 6 nitrogen and oxygen atoms in total. The van der Waals surface area contributed by atoms with Crippen LogP contribution >= 0.6 is 22.6 Å². The van der Waals surface area contributed by atoms with Crippen LogP contribution in [0.4, 0.5) is 5.69 Å². The molecule has 0 aliphatic rings. The maximum absolute atomic E-state index is 11.8. The summed E-state index contributed by atoms with van der Waals surface area (Å²) in [5.41, 5.74) is 0.936. The van der Waals surface area contributed by atoms with Crippen molar-refractivity contribution in [3.8, 4) is 0 Å². The first kappa shape index (κ1) is 13.7. The Hall–Kier alpha value is -1.77. The van der Waals surface area contributed by atoms with Crippen LogP contribution in [0.15, 0.2) is 41.6 Å². The van der Waals surface area contributed by atoms with Crippen LogP contribution < -0.4 is 5.56 Å². The molecule has 0 amide bonds. The van der Waals surface area contributed by atoms with Gasteiger partial charge in [0.05, 0.1) is 14.8 Å². The average molecular weight is 371 g/mol. The number of hydrogen-bond donors (Lipinski definition) is 0. The first-order chi connectivity index (χ1) is 9.08. The van der Waals surface area contributed by atoms with Crippen LogP contribution in [-0.4, -0.2) is 14.5 Å². The van der Waals surface area contributed by atoms with E-state index in [2.05, 4.69) is 4.98 Å². The van der Waals surface area contributed by atoms with Crippen LogP contribution in [0, 0.1) is 13.7 Å². The molecule has 0 radical (unpaired) electrons. The minimum atomic E-state index is -0.433. The van der Waals surface area contributed by atoms with Gasteiger partial charge < -0.3 is 0 Å². The standard InChI is InChI=1S/C12H10IN3O3/c13-11-7-14-8-15(12(11)17)6-5-9-1-3-10(4-2-9)16(18)19/h1-4,7-8H,5-6H2. The van der Waals surface area contributed by atoms with Gasteiger partial charge in [-0.25, -0.2) is 4.98 Å². The normalized spacial score (nSPS) is 10.4. The van der Waals surface area contributed by atoms with Gasteiger partial charge in [-0.2, -0.15) is 0 Å². The summed E-state index contributed by atoms with van der Waals surface area (Å²) in [6.45, 7) is 0.500. The lowest BCUT2D eigenvalue weighted by Crippen LogP contribution is -2.23. The number of halogens is 1. The first-order valence-electron chi connectivity index (χ1n) is 5.51. The summed E-state index contributed by atoms with van der Waals surface area (Å²) in [6, 6.07) is 6.32. The summed E-state index contributed by atoms with van der Waals surface area (Å²) in [6.07, 6.45) is 3.64. The Labute approximate surface area is 122 Å². The van der Waals surface area contributed by atoms with Crippen LogP contribution in [0.25, 0.3) is 0 Å². The number of aryl methyl sites for hydroxylation is 2. The third kappa shape index (κ3) is 3.37. The van der Waals surface area contributed by atoms with Crippen molar-refractivity contribution in [3.63, 3.8) is 0 Å². The lowest BCUT2D eigenvalue weighted by atomic mass is 10.1. The number of nitrogens with zero attached hydrogens (tertiary/aromatic N) is 3. The molecule has 0 saturated heterocycles. The molecule has 2 rings (SSSR count). The molecular weight excluding hydrogens is 361 g/mol. The predicted molar refractivity (Wildman–Crippen MR) is 78.0 cm³/mol. The van der Waals surface area contributed by atoms with Crippen LogP contribution in [0.1, 0.15) is 5.56 Å². The fourth-order valence-electron chi connectivity index (χ4n) is 1.62. The molecular formula is C12H10IN3O3. The van der Waals surface area contributed by atoms with E-state index >= 15 is 0 Å². The van der Waals surface area contributed by atoms with Gasteiger partial charge in [0, 0.05) is 24.9 Å². The van der Waals surface area contributed by atoms with E-state index in [-0.39, 0.29) is 11.2 Å². The van der Waals surface area contributed by atoms with E-state index in [4.69, 9.17) is 0 Å². The molecule has 19 heavy (non-hydrogen) atoms. The Morgan fingerprint density at radius 1 is 1.32 bits per heavy atom. The lowest BCUT2D eigenvalue weighted by molar-refractivity contribution is -0.384. The molecule has 0 spiro atoms. The third-order valence-corrected chi connectivity index (χ3v) is 3.39. The molecule has 0 unspecified atom stereocenters. The topological polar surface area (TPSA) is 78.0 Å². The zero-order chi connectivity index (χ0) is 13.8. The quantitative estimate of drug-likeness (QED) is 0.468. The minimum absolute atomic E-state index is 0.0665. The van der Waals surface area contributed by atoms with Crippen molar-refractivity contribution in [2.45, 2.75) is 13.0 Å². The maximum atomic E-state index is 11.8. The molecule has 0 atom stereocenters. The fraction of sp³-hybridized carbons (Fsp3) is 0.167. The molecule has 0 aliphatic carbocycles. The van der Waals surface area contributed by atoms with E-state index in [1.807, 2.05) is 22.6 Å². The van der Waals surface area contributed by atoms with E-state index in [1.54, 1.807) is 12.1 Å². The summed E-state index contributed by atoms with van der Waals surface area (Å²) in [5, 5.41) is 10.5. The summed E-state index contributed by atoms with van der Waals surface area (Å²) >= 11 is 1.95. The zero-order valence-corrected chi connectivity index (χ0v) is 12.0. The second-order valence-electron chi connectivity index (χ2n) is 3.91. The van der Waals surface area contributed by atoms with E-state index < -0.39 is 4.92 Å². The second kappa shape index (κ2) is 5.91. The highest BCUT2D eigenvalue weighted by atomic mass is 127. The number of benzene rings is 1. The van der Waals surface area contributed by atoms with Gasteiger partial charge in [0.1, 0.15) is 0 Å². The number of nitro groups is 1. The van der Waals surface area contributed by atoms with Gasteiger partial charge in [0.2, 0.25) is 0 Å². The first-order valence-corrected chi connectivity index (χ1v) is 6.59. The monoisotopic (exact) mass is 371 g/mol. The van der Waals surface area contributed by atoms with Crippen molar-refractivity contribution >= 4 is 28.3 Å². The molecule has 2 aromatic rings. The van der Waals surface area contributed by atoms with Gasteiger partial charge in [-0.05, 0) is 34.6 Å². The number of nitro benzene ring substituents is 1. The molecule has 1 aromatic carbocycles. The summed E-state index contributed by atoms with van der Waals surface area (Å²) in [5.74, 6) is 0. The molecule has 1 aromatic heterocycles. The summed E-state index contributed by atoms with van der Waals surface area (Å²) in [7, 11) is 0. The smallest absolute Gasteiger partial charge is 0.269 e. The number of non-ortho nitro benzene ring substituents is 1. The number of hydrogen-bond acceptors (Lipinski definition) is 4. The van der Waals surface area contributed by atoms with E-state index in [9.17, 15) is 14.9 Å². The van der Waals surface area contributed by atoms with Crippen LogP contribution in [-0.2, 0) is 13.0 Å². The third-order valence-electron chi connectivity index (χ3n) is 2.65. The molecule has 0 N–H and O–H groups in total. The van der Waals surface area contributed by atoms with Crippen LogP contribution in [0.3, 0.4) is 0 Å². The Balaban J connectivity index is 2.08. The van der Waals surface area contributed by atoms with Crippen molar-refractivity contribution in [2.24, 2.45) is 0 Å². The summed E-state index contributed by atoms with van der Waals surface area (Å²) < 4.78 is 2.10. The highest BCUT2D eigenvalue weighted by Crippen LogP contribution is 2.12. The molecule has 0 fully saturated rings. The van der Waals surface area contributed by atoms with Gasteiger partial charge in [-0.15, -0.1) is 0 Å². The zero-order valence-electron chi connectivity index (χ0n) is 9.82. The van der Waals surface area contributed by atoms with E-state index in [1.165, 1.54) is 29.2 Å². The van der Waals surface area contributed by atoms with Crippen molar-refractivity contribution in [2.75, 3.05) is 0 Å². The van der Waals surface area contributed by atoms with E-state index in [0.717, 1.165) is 5.56 Å². The highest BCUT2D eigenvalue weighted by Gasteiger charge is 2.05. The Bertz CT molecular complexity index is 652. The molecule has 98 valence electrons. The molecule has 0 aliphatic heterocycles. The minimum Gasteiger partial charge on any atom is -0.298 e. The average Bonchev–Trinajstić information content (AvgIpc) is 2.41.